The molecule has 1 fully saturated rings. The smallest absolute Gasteiger partial charge is 0.265 e. The van der Waals surface area contributed by atoms with E-state index in [1.165, 1.54) is 0 Å². The van der Waals surface area contributed by atoms with Gasteiger partial charge >= 0.3 is 0 Å². The lowest BCUT2D eigenvalue weighted by Crippen LogP contribution is -2.37. The van der Waals surface area contributed by atoms with Crippen molar-refractivity contribution >= 4 is 23.4 Å². The lowest BCUT2D eigenvalue weighted by Gasteiger charge is -2.25. The summed E-state index contributed by atoms with van der Waals surface area (Å²) in [6.45, 7) is 1.89. The third-order valence-corrected chi connectivity index (χ3v) is 4.10. The molecule has 3 amide bonds. The Labute approximate surface area is 138 Å². The number of carbonyl (C=O) groups excluding carboxylic acids is 3. The van der Waals surface area contributed by atoms with Crippen molar-refractivity contribution in [3.63, 3.8) is 0 Å². The Balaban J connectivity index is 1.65. The number of amides is 3. The fraction of sp³-hybridized carbons (Fsp3) is 0.438. The number of nitrogens with one attached hydrogen (secondary N) is 2. The molecule has 8 heteroatoms. The molecular weight excluding hydrogens is 314 g/mol. The van der Waals surface area contributed by atoms with Crippen LogP contribution in [0.15, 0.2) is 18.2 Å². The molecule has 128 valence electrons. The summed E-state index contributed by atoms with van der Waals surface area (Å²) in [5, 5.41) is 5.47. The maximum absolute atomic E-state index is 12.4. The summed E-state index contributed by atoms with van der Waals surface area (Å²) >= 11 is 0. The summed E-state index contributed by atoms with van der Waals surface area (Å²) < 4.78 is 11.0. The molecule has 2 aliphatic heterocycles. The van der Waals surface area contributed by atoms with Gasteiger partial charge in [-0.15, -0.1) is 0 Å². The number of hydrogen-bond donors (Lipinski definition) is 3. The summed E-state index contributed by atoms with van der Waals surface area (Å²) in [4.78, 5) is 35.1. The van der Waals surface area contributed by atoms with E-state index in [4.69, 9.17) is 15.2 Å². The Hall–Kier alpha value is -2.61. The molecular formula is C16H19N3O5. The van der Waals surface area contributed by atoms with Crippen molar-refractivity contribution in [2.75, 3.05) is 11.9 Å². The molecule has 1 aromatic rings. The zero-order valence-corrected chi connectivity index (χ0v) is 13.2. The molecule has 4 N–H and O–H groups in total. The second kappa shape index (κ2) is 6.48. The second-order valence-electron chi connectivity index (χ2n) is 5.87. The Bertz CT molecular complexity index is 690. The highest BCUT2D eigenvalue weighted by Gasteiger charge is 2.30. The standard InChI is InChI=1S/C16H19N3O5/c1-8-15(21)19-11-4-2-3-10(13(11)23-8)16(22)18-7-9-5-6-12(24-9)14(17)20/h2-4,8-9,12H,5-7H2,1H3,(H2,17,20)(H,18,22)(H,19,21)/t8-,9+,12+/m0/s1. The van der Waals surface area contributed by atoms with E-state index < -0.39 is 18.1 Å². The van der Waals surface area contributed by atoms with E-state index in [1.807, 2.05) is 0 Å². The minimum atomic E-state index is -0.666. The first-order chi connectivity index (χ1) is 11.5. The monoisotopic (exact) mass is 333 g/mol. The maximum atomic E-state index is 12.4. The normalized spacial score (nSPS) is 25.4. The number of ether oxygens (including phenoxy) is 2. The molecule has 1 aromatic carbocycles. The van der Waals surface area contributed by atoms with Crippen molar-refractivity contribution in [2.45, 2.75) is 38.1 Å². The summed E-state index contributed by atoms with van der Waals surface area (Å²) in [6.07, 6.45) is -0.282. The predicted octanol–water partition coefficient (Wildman–Crippen LogP) is 0.169. The van der Waals surface area contributed by atoms with Gasteiger partial charge in [0, 0.05) is 6.54 Å². The second-order valence-corrected chi connectivity index (χ2v) is 5.87. The highest BCUT2D eigenvalue weighted by Crippen LogP contribution is 2.33. The van der Waals surface area contributed by atoms with Gasteiger partial charge in [0.25, 0.3) is 11.8 Å². The van der Waals surface area contributed by atoms with Crippen LogP contribution in [0, 0.1) is 0 Å². The van der Waals surface area contributed by atoms with Gasteiger partial charge in [-0.1, -0.05) is 6.07 Å². The van der Waals surface area contributed by atoms with E-state index in [1.54, 1.807) is 25.1 Å². The minimum absolute atomic E-state index is 0.245. The van der Waals surface area contributed by atoms with E-state index in [0.29, 0.717) is 29.8 Å². The largest absolute Gasteiger partial charge is 0.478 e. The molecule has 2 aliphatic rings. The van der Waals surface area contributed by atoms with Gasteiger partial charge in [0.05, 0.1) is 17.4 Å². The van der Waals surface area contributed by atoms with Crippen molar-refractivity contribution in [3.05, 3.63) is 23.8 Å². The van der Waals surface area contributed by atoms with Crippen LogP contribution in [-0.2, 0) is 14.3 Å². The molecule has 8 nitrogen and oxygen atoms in total. The van der Waals surface area contributed by atoms with Crippen LogP contribution in [0.1, 0.15) is 30.1 Å². The summed E-state index contributed by atoms with van der Waals surface area (Å²) in [7, 11) is 0. The fourth-order valence-electron chi connectivity index (χ4n) is 2.77. The van der Waals surface area contributed by atoms with Crippen molar-refractivity contribution in [3.8, 4) is 5.75 Å². The molecule has 2 heterocycles. The lowest BCUT2D eigenvalue weighted by molar-refractivity contribution is -0.128. The van der Waals surface area contributed by atoms with Gasteiger partial charge in [0.1, 0.15) is 6.10 Å². The number of primary amides is 1. The van der Waals surface area contributed by atoms with Crippen LogP contribution in [0.25, 0.3) is 0 Å². The van der Waals surface area contributed by atoms with Gasteiger partial charge in [-0.2, -0.15) is 0 Å². The number of rotatable bonds is 4. The SMILES string of the molecule is C[C@@H]1Oc2c(cccc2C(=O)NC[C@H]2CC[C@H](C(N)=O)O2)NC1=O. The molecule has 0 saturated carbocycles. The first-order valence-corrected chi connectivity index (χ1v) is 7.79. The fourth-order valence-corrected chi connectivity index (χ4v) is 2.77. The molecule has 3 atom stereocenters. The number of nitrogens with two attached hydrogens (primary N) is 1. The predicted molar refractivity (Wildman–Crippen MR) is 84.6 cm³/mol. The Morgan fingerprint density at radius 2 is 2.17 bits per heavy atom. The molecule has 0 bridgehead atoms. The molecule has 0 spiro atoms. The first-order valence-electron chi connectivity index (χ1n) is 7.79. The van der Waals surface area contributed by atoms with Crippen LogP contribution in [0.5, 0.6) is 5.75 Å². The van der Waals surface area contributed by atoms with Gasteiger partial charge in [-0.05, 0) is 31.9 Å². The van der Waals surface area contributed by atoms with Gasteiger partial charge in [0.15, 0.2) is 11.9 Å². The molecule has 0 aliphatic carbocycles. The zero-order valence-electron chi connectivity index (χ0n) is 13.2. The van der Waals surface area contributed by atoms with Crippen molar-refractivity contribution in [2.24, 2.45) is 5.73 Å². The zero-order chi connectivity index (χ0) is 17.3. The average Bonchev–Trinajstić information content (AvgIpc) is 3.02. The third-order valence-electron chi connectivity index (χ3n) is 4.10. The summed E-state index contributed by atoms with van der Waals surface area (Å²) in [5.41, 5.74) is 6.01. The van der Waals surface area contributed by atoms with Crippen LogP contribution < -0.4 is 21.1 Å². The molecule has 24 heavy (non-hydrogen) atoms. The number of anilines is 1. The van der Waals surface area contributed by atoms with E-state index in [9.17, 15) is 14.4 Å². The average molecular weight is 333 g/mol. The quantitative estimate of drug-likeness (QED) is 0.725. The Morgan fingerprint density at radius 3 is 2.88 bits per heavy atom. The van der Waals surface area contributed by atoms with Gasteiger partial charge in [-0.25, -0.2) is 0 Å². The van der Waals surface area contributed by atoms with E-state index >= 15 is 0 Å². The number of carbonyl (C=O) groups is 3. The first kappa shape index (κ1) is 16.3. The van der Waals surface area contributed by atoms with Crippen LogP contribution in [0.3, 0.4) is 0 Å². The number of hydrogen-bond acceptors (Lipinski definition) is 5. The van der Waals surface area contributed by atoms with Crippen LogP contribution in [-0.4, -0.2) is 42.6 Å². The lowest BCUT2D eigenvalue weighted by atomic mass is 10.1. The topological polar surface area (TPSA) is 120 Å². The maximum Gasteiger partial charge on any atom is 0.265 e. The minimum Gasteiger partial charge on any atom is -0.478 e. The highest BCUT2D eigenvalue weighted by molar-refractivity contribution is 6.03. The molecule has 3 rings (SSSR count). The van der Waals surface area contributed by atoms with E-state index in [2.05, 4.69) is 10.6 Å². The third kappa shape index (κ3) is 3.18. The summed E-state index contributed by atoms with van der Waals surface area (Å²) in [6, 6.07) is 4.97. The van der Waals surface area contributed by atoms with Crippen LogP contribution in [0.4, 0.5) is 5.69 Å². The summed E-state index contributed by atoms with van der Waals surface area (Å²) in [5.74, 6) is -0.721. The van der Waals surface area contributed by atoms with Crippen molar-refractivity contribution < 1.29 is 23.9 Å². The van der Waals surface area contributed by atoms with E-state index in [0.717, 1.165) is 0 Å². The Kier molecular flexibility index (Phi) is 4.39. The number of para-hydroxylation sites is 1. The molecule has 0 aromatic heterocycles. The van der Waals surface area contributed by atoms with Gasteiger partial charge in [0.2, 0.25) is 5.91 Å². The van der Waals surface area contributed by atoms with Crippen molar-refractivity contribution in [1.82, 2.24) is 5.32 Å². The van der Waals surface area contributed by atoms with E-state index in [-0.39, 0.29) is 24.5 Å². The van der Waals surface area contributed by atoms with Gasteiger partial charge in [-0.3, -0.25) is 14.4 Å². The van der Waals surface area contributed by atoms with Crippen LogP contribution >= 0.6 is 0 Å². The highest BCUT2D eigenvalue weighted by atomic mass is 16.5. The number of fused-ring (bicyclic) bond motifs is 1. The molecule has 0 unspecified atom stereocenters. The van der Waals surface area contributed by atoms with Crippen molar-refractivity contribution in [1.29, 1.82) is 0 Å². The molecule has 1 saturated heterocycles. The number of benzene rings is 1. The van der Waals surface area contributed by atoms with Crippen LogP contribution in [0.2, 0.25) is 0 Å². The Morgan fingerprint density at radius 1 is 1.38 bits per heavy atom. The molecule has 0 radical (unpaired) electrons. The van der Waals surface area contributed by atoms with Gasteiger partial charge < -0.3 is 25.8 Å².